The highest BCUT2D eigenvalue weighted by atomic mass is 32.1. The van der Waals surface area contributed by atoms with Gasteiger partial charge in [-0.15, -0.1) is 11.3 Å². The van der Waals surface area contributed by atoms with Gasteiger partial charge in [-0.1, -0.05) is 6.42 Å². The Morgan fingerprint density at radius 3 is 3.25 bits per heavy atom. The number of thiazole rings is 1. The monoisotopic (exact) mass is 292 g/mol. The molecule has 1 N–H and O–H groups in total. The molecule has 1 aliphatic rings. The lowest BCUT2D eigenvalue weighted by Gasteiger charge is -2.35. The average Bonchev–Trinajstić information content (AvgIpc) is 2.90. The largest absolute Gasteiger partial charge is 0.318 e. The first-order valence-corrected chi connectivity index (χ1v) is 8.00. The molecule has 108 valence electrons. The van der Waals surface area contributed by atoms with Gasteiger partial charge in [-0.2, -0.15) is 0 Å². The van der Waals surface area contributed by atoms with Crippen molar-refractivity contribution in [3.05, 3.63) is 33.7 Å². The van der Waals surface area contributed by atoms with Crippen molar-refractivity contribution in [1.82, 2.24) is 19.6 Å². The van der Waals surface area contributed by atoms with Gasteiger partial charge >= 0.3 is 0 Å². The van der Waals surface area contributed by atoms with Crippen LogP contribution in [0.15, 0.2) is 22.4 Å². The Balaban J connectivity index is 1.82. The highest BCUT2D eigenvalue weighted by molar-refractivity contribution is 7.15. The molecule has 0 aromatic carbocycles. The van der Waals surface area contributed by atoms with Gasteiger partial charge in [-0.05, 0) is 26.4 Å². The van der Waals surface area contributed by atoms with E-state index in [-0.39, 0.29) is 5.56 Å². The summed E-state index contributed by atoms with van der Waals surface area (Å²) in [5, 5.41) is 5.17. The zero-order valence-corrected chi connectivity index (χ0v) is 12.5. The third-order valence-electron chi connectivity index (χ3n) is 3.91. The van der Waals surface area contributed by atoms with Crippen LogP contribution in [0, 0.1) is 0 Å². The van der Waals surface area contributed by atoms with Crippen molar-refractivity contribution in [3.63, 3.8) is 0 Å². The molecule has 2 aromatic heterocycles. The third kappa shape index (κ3) is 2.77. The number of nitrogens with zero attached hydrogens (tertiary/aromatic N) is 3. The summed E-state index contributed by atoms with van der Waals surface area (Å²) in [6, 6.07) is 2.22. The number of hydrogen-bond acceptors (Lipinski definition) is 5. The molecule has 5 nitrogen and oxygen atoms in total. The first-order chi connectivity index (χ1) is 9.78. The number of rotatable bonds is 4. The maximum absolute atomic E-state index is 12.0. The fraction of sp³-hybridized carbons (Fsp3) is 0.571. The highest BCUT2D eigenvalue weighted by Crippen LogP contribution is 2.18. The molecule has 0 amide bonds. The molecule has 0 spiro atoms. The molecule has 1 atom stereocenters. The third-order valence-corrected chi connectivity index (χ3v) is 4.67. The number of likely N-dealkylation sites (tertiary alicyclic amines) is 1. The number of piperidine rings is 1. The van der Waals surface area contributed by atoms with E-state index >= 15 is 0 Å². The van der Waals surface area contributed by atoms with Gasteiger partial charge in [0.2, 0.25) is 0 Å². The molecule has 2 aromatic rings. The Morgan fingerprint density at radius 2 is 2.40 bits per heavy atom. The van der Waals surface area contributed by atoms with Gasteiger partial charge in [0, 0.05) is 36.8 Å². The Hall–Kier alpha value is -1.24. The summed E-state index contributed by atoms with van der Waals surface area (Å²) in [7, 11) is 2.00. The highest BCUT2D eigenvalue weighted by Gasteiger charge is 2.22. The first kappa shape index (κ1) is 13.7. The topological polar surface area (TPSA) is 49.6 Å². The van der Waals surface area contributed by atoms with Crippen molar-refractivity contribution >= 4 is 16.3 Å². The molecule has 20 heavy (non-hydrogen) atoms. The van der Waals surface area contributed by atoms with Crippen LogP contribution in [0.3, 0.4) is 0 Å². The van der Waals surface area contributed by atoms with E-state index in [0.717, 1.165) is 30.3 Å². The second-order valence-electron chi connectivity index (χ2n) is 5.32. The lowest BCUT2D eigenvalue weighted by Crippen LogP contribution is -2.44. The van der Waals surface area contributed by atoms with Gasteiger partial charge in [0.15, 0.2) is 4.96 Å². The Labute approximate surface area is 122 Å². The summed E-state index contributed by atoms with van der Waals surface area (Å²) in [6.45, 7) is 2.87. The minimum atomic E-state index is 0.0217. The predicted octanol–water partition coefficient (Wildman–Crippen LogP) is 1.33. The fourth-order valence-corrected chi connectivity index (χ4v) is 3.65. The van der Waals surface area contributed by atoms with Crippen LogP contribution in [-0.2, 0) is 6.54 Å². The van der Waals surface area contributed by atoms with Crippen molar-refractivity contribution in [3.8, 4) is 0 Å². The summed E-state index contributed by atoms with van der Waals surface area (Å²) in [4.78, 5) is 19.8. The van der Waals surface area contributed by atoms with Gasteiger partial charge < -0.3 is 5.32 Å². The quantitative estimate of drug-likeness (QED) is 0.923. The van der Waals surface area contributed by atoms with E-state index in [2.05, 4.69) is 15.2 Å². The molecule has 3 heterocycles. The van der Waals surface area contributed by atoms with E-state index in [1.165, 1.54) is 30.6 Å². The van der Waals surface area contributed by atoms with Gasteiger partial charge in [0.05, 0.1) is 5.69 Å². The second-order valence-corrected chi connectivity index (χ2v) is 6.19. The van der Waals surface area contributed by atoms with Crippen molar-refractivity contribution in [2.75, 3.05) is 20.1 Å². The number of aromatic nitrogens is 2. The summed E-state index contributed by atoms with van der Waals surface area (Å²) in [5.74, 6) is 0. The van der Waals surface area contributed by atoms with Crippen molar-refractivity contribution in [1.29, 1.82) is 0 Å². The maximum atomic E-state index is 12.0. The predicted molar refractivity (Wildman–Crippen MR) is 81.3 cm³/mol. The van der Waals surface area contributed by atoms with Crippen LogP contribution in [0.1, 0.15) is 25.0 Å². The van der Waals surface area contributed by atoms with Crippen molar-refractivity contribution in [2.24, 2.45) is 0 Å². The Bertz CT molecular complexity index is 633. The molecule has 0 aliphatic carbocycles. The van der Waals surface area contributed by atoms with E-state index in [9.17, 15) is 4.79 Å². The average molecular weight is 292 g/mol. The van der Waals surface area contributed by atoms with Crippen LogP contribution in [0.2, 0.25) is 0 Å². The smallest absolute Gasteiger partial charge is 0.258 e. The Morgan fingerprint density at radius 1 is 1.50 bits per heavy atom. The lowest BCUT2D eigenvalue weighted by molar-refractivity contribution is 0.137. The van der Waals surface area contributed by atoms with E-state index < -0.39 is 0 Å². The number of nitrogens with one attached hydrogen (secondary N) is 1. The molecule has 1 fully saturated rings. The zero-order chi connectivity index (χ0) is 13.9. The lowest BCUT2D eigenvalue weighted by atomic mass is 10.0. The molecular weight excluding hydrogens is 272 g/mol. The van der Waals surface area contributed by atoms with E-state index in [0.29, 0.717) is 6.04 Å². The van der Waals surface area contributed by atoms with Crippen LogP contribution in [0.5, 0.6) is 0 Å². The molecular formula is C14H20N4OS. The summed E-state index contributed by atoms with van der Waals surface area (Å²) in [5.41, 5.74) is 0.911. The molecule has 1 aliphatic heterocycles. The van der Waals surface area contributed by atoms with Gasteiger partial charge in [-0.3, -0.25) is 14.1 Å². The summed E-state index contributed by atoms with van der Waals surface area (Å²) >= 11 is 1.51. The van der Waals surface area contributed by atoms with Crippen LogP contribution < -0.4 is 10.9 Å². The van der Waals surface area contributed by atoms with E-state index in [1.807, 2.05) is 12.4 Å². The molecule has 0 radical (unpaired) electrons. The van der Waals surface area contributed by atoms with Crippen molar-refractivity contribution < 1.29 is 0 Å². The van der Waals surface area contributed by atoms with Crippen LogP contribution >= 0.6 is 11.3 Å². The Kier molecular flexibility index (Phi) is 4.14. The second kappa shape index (κ2) is 6.03. The molecule has 3 rings (SSSR count). The molecule has 0 bridgehead atoms. The standard InChI is InChI=1S/C14H20N4OS/c1-15-9-12-4-2-3-5-17(12)10-11-8-13(19)18-6-7-20-14(18)16-11/h6-8,12,15H,2-5,9-10H2,1H3. The van der Waals surface area contributed by atoms with Gasteiger partial charge in [0.25, 0.3) is 5.56 Å². The summed E-state index contributed by atoms with van der Waals surface area (Å²) < 4.78 is 1.61. The number of hydrogen-bond donors (Lipinski definition) is 1. The minimum absolute atomic E-state index is 0.0217. The van der Waals surface area contributed by atoms with E-state index in [4.69, 9.17) is 0 Å². The molecule has 1 saturated heterocycles. The number of likely N-dealkylation sites (N-methyl/N-ethyl adjacent to an activating group) is 1. The van der Waals surface area contributed by atoms with Gasteiger partial charge in [-0.25, -0.2) is 4.98 Å². The maximum Gasteiger partial charge on any atom is 0.258 e. The van der Waals surface area contributed by atoms with Crippen molar-refractivity contribution in [2.45, 2.75) is 31.8 Å². The van der Waals surface area contributed by atoms with Gasteiger partial charge in [0.1, 0.15) is 0 Å². The first-order valence-electron chi connectivity index (χ1n) is 7.12. The SMILES string of the molecule is CNCC1CCCCN1Cc1cc(=O)n2ccsc2n1. The van der Waals surface area contributed by atoms with E-state index in [1.54, 1.807) is 16.7 Å². The normalized spacial score (nSPS) is 20.6. The molecule has 0 saturated carbocycles. The van der Waals surface area contributed by atoms with Crippen LogP contribution in [-0.4, -0.2) is 40.5 Å². The molecule has 1 unspecified atom stereocenters. The summed E-state index contributed by atoms with van der Waals surface area (Å²) in [6.07, 6.45) is 5.54. The fourth-order valence-electron chi connectivity index (χ4n) is 2.91. The molecule has 6 heteroatoms. The van der Waals surface area contributed by atoms with Crippen LogP contribution in [0.4, 0.5) is 0 Å². The van der Waals surface area contributed by atoms with Crippen LogP contribution in [0.25, 0.3) is 4.96 Å². The zero-order valence-electron chi connectivity index (χ0n) is 11.7. The number of fused-ring (bicyclic) bond motifs is 1. The minimum Gasteiger partial charge on any atom is -0.318 e.